The molecule has 0 radical (unpaired) electrons. The molecule has 1 rings (SSSR count). The summed E-state index contributed by atoms with van der Waals surface area (Å²) in [7, 11) is 0. The Balaban J connectivity index is 2.78. The average Bonchev–Trinajstić information content (AvgIpc) is 2.44. The Morgan fingerprint density at radius 2 is 1.68 bits per heavy atom. The van der Waals surface area contributed by atoms with Gasteiger partial charge in [0.05, 0.1) is 0 Å². The van der Waals surface area contributed by atoms with Crippen LogP contribution in [0.1, 0.15) is 26.3 Å². The first-order valence-electron chi connectivity index (χ1n) is 7.15. The van der Waals surface area contributed by atoms with Crippen LogP contribution in [-0.4, -0.2) is 35.0 Å². The monoisotopic (exact) mass is 306 g/mol. The number of amides is 2. The molecule has 6 heteroatoms. The van der Waals surface area contributed by atoms with Gasteiger partial charge in [-0.05, 0) is 11.5 Å². The number of hydrogen-bond acceptors (Lipinski definition) is 3. The number of benzene rings is 1. The van der Waals surface area contributed by atoms with Gasteiger partial charge in [-0.25, -0.2) is 4.79 Å². The Labute approximate surface area is 129 Å². The minimum Gasteiger partial charge on any atom is -0.480 e. The summed E-state index contributed by atoms with van der Waals surface area (Å²) in [5.41, 5.74) is 0.816. The van der Waals surface area contributed by atoms with Gasteiger partial charge in [-0.15, -0.1) is 0 Å². The molecule has 0 aliphatic heterocycles. The van der Waals surface area contributed by atoms with Crippen molar-refractivity contribution in [3.63, 3.8) is 0 Å². The van der Waals surface area contributed by atoms with Crippen LogP contribution < -0.4 is 10.6 Å². The topological polar surface area (TPSA) is 95.5 Å². The normalized spacial score (nSPS) is 13.3. The molecule has 22 heavy (non-hydrogen) atoms. The maximum atomic E-state index is 12.2. The van der Waals surface area contributed by atoms with E-state index in [2.05, 4.69) is 10.6 Å². The van der Waals surface area contributed by atoms with E-state index in [1.807, 2.05) is 18.2 Å². The van der Waals surface area contributed by atoms with E-state index in [0.717, 1.165) is 5.56 Å². The highest BCUT2D eigenvalue weighted by Crippen LogP contribution is 2.06. The zero-order valence-electron chi connectivity index (χ0n) is 13.0. The Morgan fingerprint density at radius 3 is 2.14 bits per heavy atom. The summed E-state index contributed by atoms with van der Waals surface area (Å²) in [5, 5.41) is 14.3. The van der Waals surface area contributed by atoms with Crippen LogP contribution in [0.5, 0.6) is 0 Å². The summed E-state index contributed by atoms with van der Waals surface area (Å²) in [4.78, 5) is 34.8. The second-order valence-corrected chi connectivity index (χ2v) is 5.51. The van der Waals surface area contributed by atoms with E-state index in [4.69, 9.17) is 0 Å². The molecule has 1 aromatic carbocycles. The zero-order chi connectivity index (χ0) is 16.7. The Morgan fingerprint density at radius 1 is 1.09 bits per heavy atom. The number of aliphatic carboxylic acids is 1. The highest BCUT2D eigenvalue weighted by atomic mass is 16.4. The molecule has 2 atom stereocenters. The molecule has 0 saturated heterocycles. The van der Waals surface area contributed by atoms with E-state index in [0.29, 0.717) is 0 Å². The number of carboxylic acids is 1. The van der Waals surface area contributed by atoms with Gasteiger partial charge in [-0.3, -0.25) is 9.59 Å². The van der Waals surface area contributed by atoms with Crippen LogP contribution >= 0.6 is 0 Å². The predicted octanol–water partition coefficient (Wildman–Crippen LogP) is 0.959. The van der Waals surface area contributed by atoms with Crippen LogP contribution in [0.2, 0.25) is 0 Å². The zero-order valence-corrected chi connectivity index (χ0v) is 13.0. The molecule has 0 unspecified atom stereocenters. The van der Waals surface area contributed by atoms with E-state index in [1.165, 1.54) is 6.92 Å². The minimum absolute atomic E-state index is 0.143. The number of hydrogen-bond donors (Lipinski definition) is 3. The molecule has 0 bridgehead atoms. The summed E-state index contributed by atoms with van der Waals surface area (Å²) in [6, 6.07) is 7.27. The third-order valence-corrected chi connectivity index (χ3v) is 3.21. The second-order valence-electron chi connectivity index (χ2n) is 5.51. The van der Waals surface area contributed by atoms with Gasteiger partial charge in [-0.1, -0.05) is 44.2 Å². The van der Waals surface area contributed by atoms with Crippen LogP contribution in [0.25, 0.3) is 0 Å². The van der Waals surface area contributed by atoms with Crippen LogP contribution in [0.15, 0.2) is 30.3 Å². The molecule has 0 aliphatic carbocycles. The third kappa shape index (κ3) is 5.55. The summed E-state index contributed by atoms with van der Waals surface area (Å²) < 4.78 is 0. The SMILES string of the molecule is CC(=O)N[C@H](C(=O)N[C@H](Cc1ccccc1)C(=O)O)C(C)C. The highest BCUT2D eigenvalue weighted by Gasteiger charge is 2.27. The second kappa shape index (κ2) is 8.17. The van der Waals surface area contributed by atoms with Crippen molar-refractivity contribution in [2.45, 2.75) is 39.3 Å². The Bertz CT molecular complexity index is 528. The van der Waals surface area contributed by atoms with Crippen molar-refractivity contribution in [3.05, 3.63) is 35.9 Å². The lowest BCUT2D eigenvalue weighted by atomic mass is 10.0. The van der Waals surface area contributed by atoms with Gasteiger partial charge in [0.1, 0.15) is 12.1 Å². The summed E-state index contributed by atoms with van der Waals surface area (Å²) in [6.07, 6.45) is 0.187. The molecule has 2 amide bonds. The first kappa shape index (κ1) is 17.7. The minimum atomic E-state index is -1.11. The quantitative estimate of drug-likeness (QED) is 0.699. The van der Waals surface area contributed by atoms with Crippen LogP contribution in [0.4, 0.5) is 0 Å². The van der Waals surface area contributed by atoms with Gasteiger partial charge in [0.15, 0.2) is 0 Å². The van der Waals surface area contributed by atoms with E-state index >= 15 is 0 Å². The maximum absolute atomic E-state index is 12.2. The molecule has 0 saturated carbocycles. The van der Waals surface area contributed by atoms with Crippen LogP contribution in [0, 0.1) is 5.92 Å². The molecule has 0 aliphatic rings. The lowest BCUT2D eigenvalue weighted by Crippen LogP contribution is -2.53. The summed E-state index contributed by atoms with van der Waals surface area (Å²) >= 11 is 0. The van der Waals surface area contributed by atoms with E-state index in [9.17, 15) is 19.5 Å². The van der Waals surface area contributed by atoms with Crippen molar-refractivity contribution in [2.75, 3.05) is 0 Å². The van der Waals surface area contributed by atoms with Crippen molar-refractivity contribution in [1.82, 2.24) is 10.6 Å². The summed E-state index contributed by atoms with van der Waals surface area (Å²) in [6.45, 7) is 4.89. The molecular weight excluding hydrogens is 284 g/mol. The number of carbonyl (C=O) groups is 3. The average molecular weight is 306 g/mol. The fraction of sp³-hybridized carbons (Fsp3) is 0.438. The predicted molar refractivity (Wildman–Crippen MR) is 82.2 cm³/mol. The molecule has 3 N–H and O–H groups in total. The highest BCUT2D eigenvalue weighted by molar-refractivity contribution is 5.90. The van der Waals surface area contributed by atoms with Crippen molar-refractivity contribution in [2.24, 2.45) is 5.92 Å². The van der Waals surface area contributed by atoms with E-state index in [1.54, 1.807) is 26.0 Å². The van der Waals surface area contributed by atoms with Gasteiger partial charge in [0.25, 0.3) is 0 Å². The van der Waals surface area contributed by atoms with Gasteiger partial charge < -0.3 is 15.7 Å². The lowest BCUT2D eigenvalue weighted by molar-refractivity contribution is -0.142. The number of carbonyl (C=O) groups excluding carboxylic acids is 2. The molecule has 0 spiro atoms. The van der Waals surface area contributed by atoms with Crippen molar-refractivity contribution in [3.8, 4) is 0 Å². The number of nitrogens with one attached hydrogen (secondary N) is 2. The van der Waals surface area contributed by atoms with Crippen LogP contribution in [-0.2, 0) is 20.8 Å². The fourth-order valence-corrected chi connectivity index (χ4v) is 2.07. The van der Waals surface area contributed by atoms with Gasteiger partial charge in [0.2, 0.25) is 11.8 Å². The first-order chi connectivity index (χ1) is 10.3. The van der Waals surface area contributed by atoms with Crippen molar-refractivity contribution < 1.29 is 19.5 Å². The largest absolute Gasteiger partial charge is 0.480 e. The molecule has 0 heterocycles. The summed E-state index contributed by atoms with van der Waals surface area (Å²) in [5.74, 6) is -2.07. The molecule has 6 nitrogen and oxygen atoms in total. The van der Waals surface area contributed by atoms with Crippen molar-refractivity contribution >= 4 is 17.8 Å². The molecule has 1 aromatic rings. The standard InChI is InChI=1S/C16H22N2O4/c1-10(2)14(17-11(3)19)15(20)18-13(16(21)22)9-12-7-5-4-6-8-12/h4-8,10,13-14H,9H2,1-3H3,(H,17,19)(H,18,20)(H,21,22)/t13-,14+/m1/s1. The first-order valence-corrected chi connectivity index (χ1v) is 7.15. The Hall–Kier alpha value is -2.37. The number of carboxylic acid groups (broad SMARTS) is 1. The van der Waals surface area contributed by atoms with E-state index < -0.39 is 24.0 Å². The third-order valence-electron chi connectivity index (χ3n) is 3.21. The van der Waals surface area contributed by atoms with Gasteiger partial charge in [0, 0.05) is 13.3 Å². The molecule has 0 fully saturated rings. The molecular formula is C16H22N2O4. The fourth-order valence-electron chi connectivity index (χ4n) is 2.07. The lowest BCUT2D eigenvalue weighted by Gasteiger charge is -2.23. The molecule has 120 valence electrons. The molecule has 0 aromatic heterocycles. The van der Waals surface area contributed by atoms with Gasteiger partial charge in [-0.2, -0.15) is 0 Å². The Kier molecular flexibility index (Phi) is 6.56. The maximum Gasteiger partial charge on any atom is 0.326 e. The van der Waals surface area contributed by atoms with Gasteiger partial charge >= 0.3 is 5.97 Å². The smallest absolute Gasteiger partial charge is 0.326 e. The van der Waals surface area contributed by atoms with E-state index in [-0.39, 0.29) is 18.2 Å². The van der Waals surface area contributed by atoms with Crippen molar-refractivity contribution in [1.29, 1.82) is 0 Å². The van der Waals surface area contributed by atoms with Crippen LogP contribution in [0.3, 0.4) is 0 Å². The number of rotatable bonds is 7.